The van der Waals surface area contributed by atoms with Crippen LogP contribution in [0.5, 0.6) is 0 Å². The van der Waals surface area contributed by atoms with Gasteiger partial charge in [-0.3, -0.25) is 9.98 Å². The maximum absolute atomic E-state index is 9.45. The van der Waals surface area contributed by atoms with Gasteiger partial charge in [-0.25, -0.2) is 0 Å². The van der Waals surface area contributed by atoms with Crippen LogP contribution in [0.3, 0.4) is 0 Å². The third kappa shape index (κ3) is 10.6. The zero-order valence-electron chi connectivity index (χ0n) is 21.5. The average molecular weight is 432 g/mol. The number of hydrogen-bond donors (Lipinski definition) is 2. The quantitative estimate of drug-likeness (QED) is 0.505. The highest BCUT2D eigenvalue weighted by atomic mass is 16.3. The van der Waals surface area contributed by atoms with E-state index >= 15 is 0 Å². The summed E-state index contributed by atoms with van der Waals surface area (Å²) in [6.45, 7) is 16.0. The molecule has 3 rings (SSSR count). The van der Waals surface area contributed by atoms with Crippen LogP contribution in [-0.2, 0) is 0 Å². The van der Waals surface area contributed by atoms with Crippen molar-refractivity contribution in [1.29, 1.82) is 0 Å². The number of allylic oxidation sites excluding steroid dienone is 3. The van der Waals surface area contributed by atoms with E-state index in [2.05, 4.69) is 52.9 Å². The molecule has 31 heavy (non-hydrogen) atoms. The van der Waals surface area contributed by atoms with Crippen molar-refractivity contribution >= 4 is 11.4 Å². The van der Waals surface area contributed by atoms with Crippen LogP contribution < -0.4 is 5.32 Å². The van der Waals surface area contributed by atoms with E-state index in [0.717, 1.165) is 42.8 Å². The molecule has 0 bridgehead atoms. The fourth-order valence-electron chi connectivity index (χ4n) is 3.00. The van der Waals surface area contributed by atoms with Crippen LogP contribution in [0.4, 0.5) is 0 Å². The van der Waals surface area contributed by atoms with Gasteiger partial charge in [0.1, 0.15) is 0 Å². The number of nitrogens with zero attached hydrogens (tertiary/aromatic N) is 2. The summed E-state index contributed by atoms with van der Waals surface area (Å²) in [4.78, 5) is 9.56. The summed E-state index contributed by atoms with van der Waals surface area (Å²) in [6.07, 6.45) is 15.1. The van der Waals surface area contributed by atoms with Crippen LogP contribution in [0.2, 0.25) is 0 Å². The minimum atomic E-state index is 0.152. The molecule has 1 unspecified atom stereocenters. The van der Waals surface area contributed by atoms with Gasteiger partial charge in [-0.2, -0.15) is 0 Å². The topological polar surface area (TPSA) is 57.0 Å². The van der Waals surface area contributed by atoms with Crippen molar-refractivity contribution in [3.05, 3.63) is 23.0 Å². The fraction of sp³-hybridized carbons (Fsp3) is 0.778. The second-order valence-electron chi connectivity index (χ2n) is 10.1. The molecule has 4 heteroatoms. The van der Waals surface area contributed by atoms with Crippen molar-refractivity contribution in [2.45, 2.75) is 119 Å². The Balaban J connectivity index is 0.000000505. The highest BCUT2D eigenvalue weighted by molar-refractivity contribution is 6.46. The Morgan fingerprint density at radius 1 is 1.06 bits per heavy atom. The Bertz CT molecular complexity index is 640. The van der Waals surface area contributed by atoms with E-state index in [-0.39, 0.29) is 18.1 Å². The van der Waals surface area contributed by atoms with Crippen LogP contribution in [0.15, 0.2) is 33.0 Å². The lowest BCUT2D eigenvalue weighted by molar-refractivity contribution is 0.244. The molecule has 0 aromatic rings. The lowest BCUT2D eigenvalue weighted by Gasteiger charge is -2.22. The first-order chi connectivity index (χ1) is 14.7. The largest absolute Gasteiger partial charge is 0.394 e. The first-order valence-electron chi connectivity index (χ1n) is 12.6. The number of aliphatic hydroxyl groups is 1. The molecule has 2 fully saturated rings. The Labute approximate surface area is 192 Å². The molecule has 0 amide bonds. The molecule has 2 aliphatic heterocycles. The van der Waals surface area contributed by atoms with Gasteiger partial charge in [-0.1, -0.05) is 85.1 Å². The molecule has 3 aliphatic rings. The number of unbranched alkanes of at least 4 members (excludes halogenated alkanes) is 1. The van der Waals surface area contributed by atoms with E-state index in [4.69, 9.17) is 9.98 Å². The number of nitrogens with one attached hydrogen (secondary N) is 1. The summed E-state index contributed by atoms with van der Waals surface area (Å²) in [5, 5.41) is 12.9. The van der Waals surface area contributed by atoms with Crippen LogP contribution in [0, 0.1) is 5.41 Å². The molecule has 2 heterocycles. The summed E-state index contributed by atoms with van der Waals surface area (Å²) in [5.41, 5.74) is 5.64. The minimum absolute atomic E-state index is 0.152. The normalized spacial score (nSPS) is 24.1. The lowest BCUT2D eigenvalue weighted by atomic mass is 9.86. The standard InChI is InChI=1S/C19H31N3O.C4H8.C4H10/c1-13(19(3,4)5)10-17-14(2)21-18(11-20-17)16-9-7-6-8-15(12-23)22-16;1-2-4-3-1;1-3-4-2/h10,15,22-23H,6-9,11-12H2,1-5H3;1-4H2;3-4H2,1-2H3/b13-10+,18-16+;;. The first kappa shape index (κ1) is 27.6. The molecule has 1 aliphatic carbocycles. The number of rotatable bonds is 3. The van der Waals surface area contributed by atoms with Gasteiger partial charge in [-0.15, -0.1) is 0 Å². The van der Waals surface area contributed by atoms with E-state index in [1.54, 1.807) is 0 Å². The molecule has 4 nitrogen and oxygen atoms in total. The first-order valence-corrected chi connectivity index (χ1v) is 12.6. The molecule has 178 valence electrons. The Hall–Kier alpha value is -1.42. The van der Waals surface area contributed by atoms with Crippen molar-refractivity contribution in [2.24, 2.45) is 15.4 Å². The zero-order valence-corrected chi connectivity index (χ0v) is 21.5. The third-order valence-electron chi connectivity index (χ3n) is 6.29. The Morgan fingerprint density at radius 2 is 1.68 bits per heavy atom. The predicted octanol–water partition coefficient (Wildman–Crippen LogP) is 7.00. The van der Waals surface area contributed by atoms with Gasteiger partial charge in [0.05, 0.1) is 30.3 Å². The highest BCUT2D eigenvalue weighted by Gasteiger charge is 2.20. The summed E-state index contributed by atoms with van der Waals surface area (Å²) >= 11 is 0. The van der Waals surface area contributed by atoms with E-state index in [9.17, 15) is 5.11 Å². The lowest BCUT2D eigenvalue weighted by Crippen LogP contribution is -2.31. The monoisotopic (exact) mass is 431 g/mol. The molecule has 1 saturated carbocycles. The average Bonchev–Trinajstić information content (AvgIpc) is 2.93. The van der Waals surface area contributed by atoms with Crippen LogP contribution in [-0.4, -0.2) is 35.7 Å². The summed E-state index contributed by atoms with van der Waals surface area (Å²) < 4.78 is 0. The Kier molecular flexibility index (Phi) is 13.0. The van der Waals surface area contributed by atoms with Crippen molar-refractivity contribution in [2.75, 3.05) is 13.2 Å². The van der Waals surface area contributed by atoms with E-state index < -0.39 is 0 Å². The van der Waals surface area contributed by atoms with Crippen molar-refractivity contribution in [3.8, 4) is 0 Å². The summed E-state index contributed by atoms with van der Waals surface area (Å²) in [5.74, 6) is 0. The highest BCUT2D eigenvalue weighted by Crippen LogP contribution is 2.25. The molecule has 0 aromatic heterocycles. The SMILES string of the molecule is C1CCC1.CC1=N/C(=C2\CCCCC(CO)N2)CN=C1/C=C(\C)C(C)(C)C.CCCC. The smallest absolute Gasteiger partial charge is 0.0837 e. The van der Waals surface area contributed by atoms with Gasteiger partial charge >= 0.3 is 0 Å². The van der Waals surface area contributed by atoms with Gasteiger partial charge in [0.15, 0.2) is 0 Å². The second kappa shape index (κ2) is 14.6. The van der Waals surface area contributed by atoms with Gasteiger partial charge in [0, 0.05) is 11.7 Å². The predicted molar refractivity (Wildman–Crippen MR) is 137 cm³/mol. The number of hydrogen-bond acceptors (Lipinski definition) is 4. The van der Waals surface area contributed by atoms with E-state index in [0.29, 0.717) is 6.54 Å². The number of aliphatic imine (C=N–C) groups is 2. The van der Waals surface area contributed by atoms with Gasteiger partial charge < -0.3 is 10.4 Å². The fourth-order valence-corrected chi connectivity index (χ4v) is 3.00. The third-order valence-corrected chi connectivity index (χ3v) is 6.29. The maximum Gasteiger partial charge on any atom is 0.0837 e. The van der Waals surface area contributed by atoms with E-state index in [1.807, 2.05) is 6.92 Å². The summed E-state index contributed by atoms with van der Waals surface area (Å²) in [7, 11) is 0. The molecule has 2 N–H and O–H groups in total. The van der Waals surface area contributed by atoms with Gasteiger partial charge in [-0.05, 0) is 44.6 Å². The molecule has 1 saturated heterocycles. The second-order valence-corrected chi connectivity index (χ2v) is 10.1. The van der Waals surface area contributed by atoms with Crippen LogP contribution in [0.1, 0.15) is 113 Å². The van der Waals surface area contributed by atoms with Crippen molar-refractivity contribution < 1.29 is 5.11 Å². The maximum atomic E-state index is 9.45. The zero-order chi connectivity index (χ0) is 23.3. The van der Waals surface area contributed by atoms with Gasteiger partial charge in [0.25, 0.3) is 0 Å². The Morgan fingerprint density at radius 3 is 2.13 bits per heavy atom. The molecule has 0 aromatic carbocycles. The van der Waals surface area contributed by atoms with Crippen molar-refractivity contribution in [3.63, 3.8) is 0 Å². The van der Waals surface area contributed by atoms with Gasteiger partial charge in [0.2, 0.25) is 0 Å². The van der Waals surface area contributed by atoms with Crippen molar-refractivity contribution in [1.82, 2.24) is 5.32 Å². The van der Waals surface area contributed by atoms with E-state index in [1.165, 1.54) is 49.8 Å². The molecule has 0 radical (unpaired) electrons. The molecular formula is C27H49N3O. The minimum Gasteiger partial charge on any atom is -0.394 e. The molecular weight excluding hydrogens is 382 g/mol. The summed E-state index contributed by atoms with van der Waals surface area (Å²) in [6, 6.07) is 0.156. The molecule has 1 atom stereocenters. The number of aliphatic hydroxyl groups excluding tert-OH is 1. The molecule has 0 spiro atoms. The van der Waals surface area contributed by atoms with Crippen LogP contribution in [0.25, 0.3) is 0 Å². The van der Waals surface area contributed by atoms with Crippen LogP contribution >= 0.6 is 0 Å².